The minimum Gasteiger partial charge on any atom is -0.381 e. The lowest BCUT2D eigenvalue weighted by Gasteiger charge is -2.31. The molecular formula is C29H33F2N5. The molecule has 3 heterocycles. The maximum absolute atomic E-state index is 15.0. The van der Waals surface area contributed by atoms with E-state index in [0.29, 0.717) is 30.4 Å². The Morgan fingerprint density at radius 1 is 1.08 bits per heavy atom. The highest BCUT2D eigenvalue weighted by molar-refractivity contribution is 5.92. The third kappa shape index (κ3) is 5.30. The third-order valence-corrected chi connectivity index (χ3v) is 7.38. The number of hydrogen-bond acceptors (Lipinski definition) is 4. The molecule has 7 heteroatoms. The molecule has 0 unspecified atom stereocenters. The van der Waals surface area contributed by atoms with Crippen LogP contribution < -0.4 is 5.32 Å². The largest absolute Gasteiger partial charge is 0.381 e. The van der Waals surface area contributed by atoms with Gasteiger partial charge in [-0.05, 0) is 74.2 Å². The first-order valence-electron chi connectivity index (χ1n) is 12.8. The lowest BCUT2D eigenvalue weighted by Crippen LogP contribution is -2.41. The Bertz CT molecular complexity index is 1280. The highest BCUT2D eigenvalue weighted by Crippen LogP contribution is 2.31. The lowest BCUT2D eigenvalue weighted by atomic mass is 9.99. The summed E-state index contributed by atoms with van der Waals surface area (Å²) in [7, 11) is 0. The second-order valence-electron chi connectivity index (χ2n) is 9.99. The van der Waals surface area contributed by atoms with Crippen LogP contribution in [-0.2, 0) is 6.54 Å². The van der Waals surface area contributed by atoms with Crippen LogP contribution in [0.3, 0.4) is 0 Å². The van der Waals surface area contributed by atoms with Crippen LogP contribution in [0.5, 0.6) is 0 Å². The average molecular weight is 490 g/mol. The van der Waals surface area contributed by atoms with Crippen LogP contribution in [0.4, 0.5) is 8.78 Å². The molecule has 0 amide bonds. The number of halogens is 2. The Morgan fingerprint density at radius 2 is 1.86 bits per heavy atom. The first kappa shape index (κ1) is 24.5. The zero-order valence-electron chi connectivity index (χ0n) is 20.6. The van der Waals surface area contributed by atoms with Gasteiger partial charge in [0.15, 0.2) is 11.6 Å². The second-order valence-corrected chi connectivity index (χ2v) is 9.99. The summed E-state index contributed by atoms with van der Waals surface area (Å²) in [5, 5.41) is 11.9. The standard InChI is InChI=1S/C29H33F2N5/c1-3-11-35-14-9-23(10-15-35)32-20(2)29-25-18-22(7-8-27(25)33-34-29)24-16-21(17-26(30)28(24)31)19-36-12-5-4-6-13-36/h1,7-8,16-18,23,32H,2,4-6,9-15,19H2,(H,33,34). The van der Waals surface area contributed by atoms with Crippen LogP contribution in [0.1, 0.15) is 43.4 Å². The van der Waals surface area contributed by atoms with Crippen molar-refractivity contribution >= 4 is 16.6 Å². The Morgan fingerprint density at radius 3 is 2.61 bits per heavy atom. The van der Waals surface area contributed by atoms with Gasteiger partial charge in [-0.3, -0.25) is 14.9 Å². The summed E-state index contributed by atoms with van der Waals surface area (Å²) in [4.78, 5) is 4.58. The lowest BCUT2D eigenvalue weighted by molar-refractivity contribution is 0.220. The summed E-state index contributed by atoms with van der Waals surface area (Å²) in [5.74, 6) is 1.07. The van der Waals surface area contributed by atoms with E-state index in [1.807, 2.05) is 18.2 Å². The summed E-state index contributed by atoms with van der Waals surface area (Å²) in [6.45, 7) is 9.42. The van der Waals surface area contributed by atoms with E-state index in [-0.39, 0.29) is 5.56 Å². The quantitative estimate of drug-likeness (QED) is 0.451. The number of H-pyrrole nitrogens is 1. The van der Waals surface area contributed by atoms with Crippen molar-refractivity contribution in [3.8, 4) is 23.5 Å². The summed E-state index contributed by atoms with van der Waals surface area (Å²) in [5.41, 5.74) is 3.93. The monoisotopic (exact) mass is 489 g/mol. The first-order chi connectivity index (χ1) is 17.5. The summed E-state index contributed by atoms with van der Waals surface area (Å²) in [6.07, 6.45) is 10.9. The van der Waals surface area contributed by atoms with Gasteiger partial charge >= 0.3 is 0 Å². The SMILES string of the molecule is C#CCN1CCC(NC(=C)c2n[nH]c3ccc(-c4cc(CN5CCCCC5)cc(F)c4F)cc23)CC1. The van der Waals surface area contributed by atoms with Crippen LogP contribution in [0.15, 0.2) is 36.9 Å². The van der Waals surface area contributed by atoms with Crippen molar-refractivity contribution < 1.29 is 8.78 Å². The number of nitrogens with one attached hydrogen (secondary N) is 2. The van der Waals surface area contributed by atoms with E-state index in [2.05, 4.69) is 37.8 Å². The number of likely N-dealkylation sites (tertiary alicyclic amines) is 2. The van der Waals surface area contributed by atoms with E-state index in [1.165, 1.54) is 12.5 Å². The number of benzene rings is 2. The highest BCUT2D eigenvalue weighted by Gasteiger charge is 2.21. The predicted octanol–water partition coefficient (Wildman–Crippen LogP) is 5.15. The van der Waals surface area contributed by atoms with Gasteiger partial charge in [0.05, 0.1) is 17.8 Å². The van der Waals surface area contributed by atoms with Gasteiger partial charge in [0, 0.05) is 36.6 Å². The van der Waals surface area contributed by atoms with Gasteiger partial charge in [-0.25, -0.2) is 8.78 Å². The molecule has 0 atom stereocenters. The van der Waals surface area contributed by atoms with Gasteiger partial charge in [-0.2, -0.15) is 5.10 Å². The summed E-state index contributed by atoms with van der Waals surface area (Å²) < 4.78 is 29.6. The van der Waals surface area contributed by atoms with E-state index in [9.17, 15) is 8.78 Å². The minimum absolute atomic E-state index is 0.274. The second kappa shape index (κ2) is 10.8. The predicted molar refractivity (Wildman–Crippen MR) is 141 cm³/mol. The van der Waals surface area contributed by atoms with Gasteiger partial charge in [-0.1, -0.05) is 25.0 Å². The molecule has 0 radical (unpaired) electrons. The van der Waals surface area contributed by atoms with Crippen LogP contribution in [0.25, 0.3) is 27.7 Å². The summed E-state index contributed by atoms with van der Waals surface area (Å²) in [6, 6.07) is 8.95. The van der Waals surface area contributed by atoms with Crippen molar-refractivity contribution in [2.24, 2.45) is 0 Å². The summed E-state index contributed by atoms with van der Waals surface area (Å²) >= 11 is 0. The topological polar surface area (TPSA) is 47.2 Å². The molecule has 3 aromatic rings. The van der Waals surface area contributed by atoms with Crippen molar-refractivity contribution in [2.45, 2.75) is 44.7 Å². The molecule has 2 N–H and O–H groups in total. The Kier molecular flexibility index (Phi) is 7.35. The van der Waals surface area contributed by atoms with Gasteiger partial charge in [-0.15, -0.1) is 6.42 Å². The molecular weight excluding hydrogens is 456 g/mol. The molecule has 0 saturated carbocycles. The smallest absolute Gasteiger partial charge is 0.166 e. The number of fused-ring (bicyclic) bond motifs is 1. The molecule has 2 aromatic carbocycles. The van der Waals surface area contributed by atoms with E-state index in [1.54, 1.807) is 6.07 Å². The first-order valence-corrected chi connectivity index (χ1v) is 12.8. The Hall–Kier alpha value is -3.21. The number of piperidine rings is 2. The van der Waals surface area contributed by atoms with Crippen LogP contribution in [0, 0.1) is 24.0 Å². The van der Waals surface area contributed by atoms with Crippen molar-refractivity contribution in [3.63, 3.8) is 0 Å². The normalized spacial score (nSPS) is 17.8. The van der Waals surface area contributed by atoms with E-state index >= 15 is 0 Å². The van der Waals surface area contributed by atoms with E-state index in [4.69, 9.17) is 6.42 Å². The molecule has 2 aliphatic rings. The molecule has 2 fully saturated rings. The molecule has 36 heavy (non-hydrogen) atoms. The van der Waals surface area contributed by atoms with E-state index < -0.39 is 11.6 Å². The van der Waals surface area contributed by atoms with E-state index in [0.717, 1.165) is 74.0 Å². The maximum atomic E-state index is 15.0. The molecule has 5 nitrogen and oxygen atoms in total. The fourth-order valence-corrected chi connectivity index (χ4v) is 5.41. The van der Waals surface area contributed by atoms with Gasteiger partial charge < -0.3 is 5.32 Å². The number of hydrogen-bond donors (Lipinski definition) is 2. The van der Waals surface area contributed by atoms with Gasteiger partial charge in [0.2, 0.25) is 0 Å². The third-order valence-electron chi connectivity index (χ3n) is 7.38. The van der Waals surface area contributed by atoms with Crippen molar-refractivity contribution in [1.29, 1.82) is 0 Å². The molecule has 1 aromatic heterocycles. The Balaban J connectivity index is 1.37. The van der Waals surface area contributed by atoms with Crippen LogP contribution >= 0.6 is 0 Å². The molecule has 2 saturated heterocycles. The fraction of sp³-hybridized carbons (Fsp3) is 0.414. The minimum atomic E-state index is -0.822. The number of aromatic amines is 1. The van der Waals surface area contributed by atoms with Gasteiger partial charge in [0.25, 0.3) is 0 Å². The molecule has 5 rings (SSSR count). The highest BCUT2D eigenvalue weighted by atomic mass is 19.2. The van der Waals surface area contributed by atoms with Crippen LogP contribution in [-0.4, -0.2) is 58.8 Å². The molecule has 0 aliphatic carbocycles. The number of terminal acetylenes is 1. The van der Waals surface area contributed by atoms with Gasteiger partial charge in [0.1, 0.15) is 5.69 Å². The fourth-order valence-electron chi connectivity index (χ4n) is 5.41. The molecule has 0 spiro atoms. The Labute approximate surface area is 211 Å². The maximum Gasteiger partial charge on any atom is 0.166 e. The average Bonchev–Trinajstić information content (AvgIpc) is 3.31. The zero-order chi connectivity index (χ0) is 25.1. The van der Waals surface area contributed by atoms with Crippen LogP contribution in [0.2, 0.25) is 0 Å². The van der Waals surface area contributed by atoms with Crippen molar-refractivity contribution in [2.75, 3.05) is 32.7 Å². The molecule has 188 valence electrons. The molecule has 2 aliphatic heterocycles. The van der Waals surface area contributed by atoms with Crippen molar-refractivity contribution in [1.82, 2.24) is 25.3 Å². The zero-order valence-corrected chi connectivity index (χ0v) is 20.6. The number of rotatable bonds is 7. The van der Waals surface area contributed by atoms with Crippen molar-refractivity contribution in [3.05, 3.63) is 59.8 Å². The molecule has 0 bridgehead atoms. The number of aromatic nitrogens is 2. The number of nitrogens with zero attached hydrogens (tertiary/aromatic N) is 3.